The van der Waals surface area contributed by atoms with Gasteiger partial charge in [0.2, 0.25) is 0 Å². The molecule has 1 aliphatic heterocycles. The van der Waals surface area contributed by atoms with E-state index >= 15 is 0 Å². The summed E-state index contributed by atoms with van der Waals surface area (Å²) in [7, 11) is 0. The second kappa shape index (κ2) is 6.95. The van der Waals surface area contributed by atoms with Crippen molar-refractivity contribution in [2.45, 2.75) is 44.6 Å². The highest BCUT2D eigenvalue weighted by atomic mass is 16.3. The monoisotopic (exact) mass is 390 g/mol. The second-order valence-corrected chi connectivity index (χ2v) is 8.64. The molecule has 1 atom stereocenters. The van der Waals surface area contributed by atoms with Crippen LogP contribution in [0, 0.1) is 5.92 Å². The Labute approximate surface area is 170 Å². The largest absolute Gasteiger partial charge is 0.385 e. The number of aromatic nitrogens is 3. The van der Waals surface area contributed by atoms with Crippen LogP contribution in [0.25, 0.3) is 10.9 Å². The van der Waals surface area contributed by atoms with Gasteiger partial charge in [-0.1, -0.05) is 6.92 Å². The molecule has 1 aliphatic carbocycles. The summed E-state index contributed by atoms with van der Waals surface area (Å²) in [6, 6.07) is 6.01. The Bertz CT molecular complexity index is 1050. The van der Waals surface area contributed by atoms with Gasteiger partial charge in [-0.3, -0.25) is 4.79 Å². The summed E-state index contributed by atoms with van der Waals surface area (Å²) >= 11 is 0. The first-order chi connectivity index (χ1) is 14.0. The van der Waals surface area contributed by atoms with E-state index in [1.807, 2.05) is 17.0 Å². The first kappa shape index (κ1) is 18.3. The van der Waals surface area contributed by atoms with Crippen molar-refractivity contribution in [3.63, 3.8) is 0 Å². The molecule has 5 rings (SSSR count). The Kier molecular flexibility index (Phi) is 4.39. The Morgan fingerprint density at radius 3 is 2.76 bits per heavy atom. The lowest BCUT2D eigenvalue weighted by Gasteiger charge is -2.38. The number of aryl methyl sites for hydroxylation is 1. The fourth-order valence-electron chi connectivity index (χ4n) is 4.81. The molecule has 150 valence electrons. The Balaban J connectivity index is 1.36. The lowest BCUT2D eigenvalue weighted by atomic mass is 9.85. The van der Waals surface area contributed by atoms with Gasteiger partial charge in [-0.15, -0.1) is 0 Å². The van der Waals surface area contributed by atoms with Crippen molar-refractivity contribution in [2.24, 2.45) is 5.92 Å². The molecule has 1 aromatic carbocycles. The third kappa shape index (κ3) is 3.21. The van der Waals surface area contributed by atoms with Crippen LogP contribution in [-0.2, 0) is 18.4 Å². The minimum atomic E-state index is -0.960. The predicted octanol–water partition coefficient (Wildman–Crippen LogP) is 3.21. The second-order valence-electron chi connectivity index (χ2n) is 8.64. The number of carbonyl (C=O) groups excluding carboxylic acids is 1. The number of amides is 1. The molecule has 1 fully saturated rings. The first-order valence-corrected chi connectivity index (χ1v) is 10.4. The molecule has 6 heteroatoms. The third-order valence-electron chi connectivity index (χ3n) is 6.66. The Morgan fingerprint density at radius 1 is 1.24 bits per heavy atom. The fourth-order valence-corrected chi connectivity index (χ4v) is 4.81. The van der Waals surface area contributed by atoms with Gasteiger partial charge in [-0.05, 0) is 61.8 Å². The molecule has 1 saturated heterocycles. The summed E-state index contributed by atoms with van der Waals surface area (Å²) in [5.41, 5.74) is 4.32. The zero-order valence-electron chi connectivity index (χ0n) is 16.7. The van der Waals surface area contributed by atoms with Gasteiger partial charge in [0.25, 0.3) is 5.91 Å². The van der Waals surface area contributed by atoms with Crippen LogP contribution in [0.15, 0.2) is 36.9 Å². The van der Waals surface area contributed by atoms with Crippen LogP contribution in [0.2, 0.25) is 0 Å². The molecule has 0 spiro atoms. The molecule has 1 amide bonds. The molecule has 2 aliphatic rings. The SMILES string of the molecule is CC1CCc2[nH]c3ccc(C(=O)N4CCC(O)(c5cncnc5)CC4)cc3c2C1. The highest BCUT2D eigenvalue weighted by Gasteiger charge is 2.36. The number of nitrogens with zero attached hydrogens (tertiary/aromatic N) is 3. The van der Waals surface area contributed by atoms with Crippen molar-refractivity contribution in [1.29, 1.82) is 0 Å². The van der Waals surface area contributed by atoms with Crippen LogP contribution in [0.3, 0.4) is 0 Å². The van der Waals surface area contributed by atoms with E-state index in [0.717, 1.165) is 29.5 Å². The molecule has 0 radical (unpaired) electrons. The van der Waals surface area contributed by atoms with Crippen LogP contribution < -0.4 is 0 Å². The van der Waals surface area contributed by atoms with Gasteiger partial charge in [0.05, 0.1) is 5.60 Å². The molecule has 0 bridgehead atoms. The van der Waals surface area contributed by atoms with Crippen LogP contribution in [0.1, 0.15) is 53.4 Å². The minimum absolute atomic E-state index is 0.0390. The lowest BCUT2D eigenvalue weighted by molar-refractivity contribution is -0.0216. The van der Waals surface area contributed by atoms with E-state index in [2.05, 4.69) is 27.9 Å². The maximum atomic E-state index is 13.2. The molecule has 3 heterocycles. The lowest BCUT2D eigenvalue weighted by Crippen LogP contribution is -2.45. The number of hydrogen-bond acceptors (Lipinski definition) is 4. The van der Waals surface area contributed by atoms with Crippen molar-refractivity contribution in [2.75, 3.05) is 13.1 Å². The van der Waals surface area contributed by atoms with Crippen LogP contribution in [0.4, 0.5) is 0 Å². The van der Waals surface area contributed by atoms with Crippen molar-refractivity contribution < 1.29 is 9.90 Å². The molecule has 2 aromatic heterocycles. The topological polar surface area (TPSA) is 82.1 Å². The molecule has 1 unspecified atom stereocenters. The van der Waals surface area contributed by atoms with Crippen LogP contribution >= 0.6 is 0 Å². The van der Waals surface area contributed by atoms with Crippen molar-refractivity contribution >= 4 is 16.8 Å². The van der Waals surface area contributed by atoms with Gasteiger partial charge < -0.3 is 15.0 Å². The third-order valence-corrected chi connectivity index (χ3v) is 6.66. The van der Waals surface area contributed by atoms with Gasteiger partial charge in [-0.25, -0.2) is 9.97 Å². The van der Waals surface area contributed by atoms with Gasteiger partial charge in [0, 0.05) is 53.2 Å². The summed E-state index contributed by atoms with van der Waals surface area (Å²) < 4.78 is 0. The highest BCUT2D eigenvalue weighted by molar-refractivity contribution is 5.99. The van der Waals surface area contributed by atoms with Crippen LogP contribution in [-0.4, -0.2) is 44.0 Å². The fraction of sp³-hybridized carbons (Fsp3) is 0.435. The Morgan fingerprint density at radius 2 is 2.00 bits per heavy atom. The standard InChI is InChI=1S/C23H26N4O2/c1-15-2-4-20-18(10-15)19-11-16(3-5-21(19)26-20)22(28)27-8-6-23(29,7-9-27)17-12-24-14-25-13-17/h3,5,11-15,26,29H,2,4,6-10H2,1H3. The predicted molar refractivity (Wildman–Crippen MR) is 111 cm³/mol. The number of fused-ring (bicyclic) bond motifs is 3. The summed E-state index contributed by atoms with van der Waals surface area (Å²) in [4.78, 5) is 26.6. The number of hydrogen-bond donors (Lipinski definition) is 2. The van der Waals surface area contributed by atoms with E-state index in [-0.39, 0.29) is 5.91 Å². The number of nitrogens with one attached hydrogen (secondary N) is 1. The maximum absolute atomic E-state index is 13.2. The molecular weight excluding hydrogens is 364 g/mol. The quantitative estimate of drug-likeness (QED) is 0.704. The number of likely N-dealkylation sites (tertiary alicyclic amines) is 1. The van der Waals surface area contributed by atoms with Gasteiger partial charge in [0.1, 0.15) is 6.33 Å². The highest BCUT2D eigenvalue weighted by Crippen LogP contribution is 2.34. The average molecular weight is 390 g/mol. The maximum Gasteiger partial charge on any atom is 0.253 e. The molecule has 29 heavy (non-hydrogen) atoms. The number of rotatable bonds is 2. The normalized spacial score (nSPS) is 21.2. The average Bonchev–Trinajstić information content (AvgIpc) is 3.11. The van der Waals surface area contributed by atoms with Crippen LogP contribution in [0.5, 0.6) is 0 Å². The van der Waals surface area contributed by atoms with Gasteiger partial charge in [-0.2, -0.15) is 0 Å². The van der Waals surface area contributed by atoms with E-state index in [0.29, 0.717) is 31.8 Å². The zero-order valence-corrected chi connectivity index (χ0v) is 16.7. The number of aliphatic hydroxyl groups is 1. The van der Waals surface area contributed by atoms with E-state index < -0.39 is 5.60 Å². The van der Waals surface area contributed by atoms with Crippen molar-refractivity contribution in [3.05, 3.63) is 59.3 Å². The van der Waals surface area contributed by atoms with E-state index in [9.17, 15) is 9.90 Å². The molecule has 6 nitrogen and oxygen atoms in total. The van der Waals surface area contributed by atoms with E-state index in [4.69, 9.17) is 0 Å². The van der Waals surface area contributed by atoms with E-state index in [1.165, 1.54) is 29.4 Å². The van der Waals surface area contributed by atoms with E-state index in [1.54, 1.807) is 12.4 Å². The summed E-state index contributed by atoms with van der Waals surface area (Å²) in [5, 5.41) is 12.1. The summed E-state index contributed by atoms with van der Waals surface area (Å²) in [6.07, 6.45) is 9.14. The van der Waals surface area contributed by atoms with Gasteiger partial charge >= 0.3 is 0 Å². The molecular formula is C23H26N4O2. The number of carbonyl (C=O) groups is 1. The smallest absolute Gasteiger partial charge is 0.253 e. The Hall–Kier alpha value is -2.73. The molecule has 2 N–H and O–H groups in total. The first-order valence-electron chi connectivity index (χ1n) is 10.4. The minimum Gasteiger partial charge on any atom is -0.385 e. The van der Waals surface area contributed by atoms with Crippen molar-refractivity contribution in [1.82, 2.24) is 19.9 Å². The number of aromatic amines is 1. The summed E-state index contributed by atoms with van der Waals surface area (Å²) in [6.45, 7) is 3.33. The molecule has 3 aromatic rings. The zero-order chi connectivity index (χ0) is 20.0. The van der Waals surface area contributed by atoms with Gasteiger partial charge in [0.15, 0.2) is 0 Å². The number of benzene rings is 1. The number of piperidine rings is 1. The number of H-pyrrole nitrogens is 1. The molecule has 0 saturated carbocycles. The van der Waals surface area contributed by atoms with Crippen molar-refractivity contribution in [3.8, 4) is 0 Å². The summed E-state index contributed by atoms with van der Waals surface area (Å²) in [5.74, 6) is 0.722.